The molecule has 0 aliphatic carbocycles. The van der Waals surface area contributed by atoms with Gasteiger partial charge in [0.15, 0.2) is 5.78 Å². The molecule has 0 N–H and O–H groups in total. The van der Waals surface area contributed by atoms with Gasteiger partial charge in [-0.3, -0.25) is 4.79 Å². The van der Waals surface area contributed by atoms with E-state index in [1.54, 1.807) is 11.3 Å². The van der Waals surface area contributed by atoms with E-state index in [1.807, 2.05) is 38.3 Å². The molecule has 0 spiro atoms. The zero-order valence-corrected chi connectivity index (χ0v) is 13.0. The first-order valence-electron chi connectivity index (χ1n) is 5.68. The quantitative estimate of drug-likeness (QED) is 0.790. The number of carbonyl (C=O) groups is 1. The number of aromatic nitrogens is 1. The number of Topliss-reactive ketones (excluding diaryl/α,β-unsaturated/α-hetero) is 1. The molecule has 0 amide bonds. The Bertz CT molecular complexity index is 581. The van der Waals surface area contributed by atoms with Crippen molar-refractivity contribution < 1.29 is 4.79 Å². The molecule has 0 saturated heterocycles. The molecule has 0 aliphatic heterocycles. The van der Waals surface area contributed by atoms with Gasteiger partial charge in [0, 0.05) is 15.4 Å². The Kier molecular flexibility index (Phi) is 3.97. The van der Waals surface area contributed by atoms with Gasteiger partial charge in [-0.05, 0) is 44.0 Å². The molecule has 18 heavy (non-hydrogen) atoms. The Morgan fingerprint density at radius 2 is 1.89 bits per heavy atom. The average molecular weight is 324 g/mol. The molecule has 2 rings (SSSR count). The number of ketones is 1. The van der Waals surface area contributed by atoms with Crippen LogP contribution in [0.4, 0.5) is 0 Å². The fraction of sp³-hybridized carbons (Fsp3) is 0.286. The molecule has 0 unspecified atom stereocenters. The molecule has 2 nitrogen and oxygen atoms in total. The third-order valence-corrected chi connectivity index (χ3v) is 4.84. The standard InChI is InChI=1S/C14H14BrNOS/c1-8-4-11(5-9(2)14(8)15)13(17)6-12-7-18-10(3)16-12/h4-5,7H,6H2,1-3H3. The number of aryl methyl sites for hydroxylation is 3. The molecule has 1 aromatic carbocycles. The Balaban J connectivity index is 2.24. The van der Waals surface area contributed by atoms with Gasteiger partial charge >= 0.3 is 0 Å². The van der Waals surface area contributed by atoms with Crippen molar-refractivity contribution in [3.63, 3.8) is 0 Å². The van der Waals surface area contributed by atoms with E-state index in [1.165, 1.54) is 0 Å². The summed E-state index contributed by atoms with van der Waals surface area (Å²) in [7, 11) is 0. The van der Waals surface area contributed by atoms with Crippen LogP contribution in [0.2, 0.25) is 0 Å². The van der Waals surface area contributed by atoms with Crippen LogP contribution < -0.4 is 0 Å². The predicted octanol–water partition coefficient (Wildman–Crippen LogP) is 4.26. The van der Waals surface area contributed by atoms with E-state index >= 15 is 0 Å². The van der Waals surface area contributed by atoms with E-state index in [2.05, 4.69) is 20.9 Å². The summed E-state index contributed by atoms with van der Waals surface area (Å²) < 4.78 is 1.07. The second-order valence-corrected chi connectivity index (χ2v) is 6.24. The van der Waals surface area contributed by atoms with Gasteiger partial charge in [-0.2, -0.15) is 0 Å². The van der Waals surface area contributed by atoms with Crippen LogP contribution in [0.3, 0.4) is 0 Å². The number of rotatable bonds is 3. The van der Waals surface area contributed by atoms with Crippen molar-refractivity contribution in [3.8, 4) is 0 Å². The fourth-order valence-electron chi connectivity index (χ4n) is 1.86. The van der Waals surface area contributed by atoms with E-state index in [9.17, 15) is 4.79 Å². The highest BCUT2D eigenvalue weighted by Crippen LogP contribution is 2.23. The first kappa shape index (κ1) is 13.4. The van der Waals surface area contributed by atoms with E-state index in [0.717, 1.165) is 31.9 Å². The minimum atomic E-state index is 0.124. The summed E-state index contributed by atoms with van der Waals surface area (Å²) in [6.07, 6.45) is 0.380. The van der Waals surface area contributed by atoms with Crippen molar-refractivity contribution in [1.82, 2.24) is 4.98 Å². The lowest BCUT2D eigenvalue weighted by Gasteiger charge is -2.06. The topological polar surface area (TPSA) is 30.0 Å². The highest BCUT2D eigenvalue weighted by molar-refractivity contribution is 9.10. The summed E-state index contributed by atoms with van der Waals surface area (Å²) in [6, 6.07) is 3.86. The minimum absolute atomic E-state index is 0.124. The van der Waals surface area contributed by atoms with Gasteiger partial charge in [0.05, 0.1) is 17.1 Å². The molecule has 94 valence electrons. The second-order valence-electron chi connectivity index (χ2n) is 4.38. The van der Waals surface area contributed by atoms with Crippen LogP contribution in [0.5, 0.6) is 0 Å². The number of hydrogen-bond acceptors (Lipinski definition) is 3. The summed E-state index contributed by atoms with van der Waals surface area (Å²) in [5, 5.41) is 2.95. The Labute approximate surface area is 119 Å². The first-order chi connectivity index (χ1) is 8.47. The summed E-state index contributed by atoms with van der Waals surface area (Å²) in [4.78, 5) is 16.5. The van der Waals surface area contributed by atoms with Crippen LogP contribution in [-0.2, 0) is 6.42 Å². The molecule has 4 heteroatoms. The van der Waals surface area contributed by atoms with Gasteiger partial charge in [-0.15, -0.1) is 11.3 Å². The van der Waals surface area contributed by atoms with Gasteiger partial charge in [0.1, 0.15) is 0 Å². The fourth-order valence-corrected chi connectivity index (χ4v) is 2.70. The van der Waals surface area contributed by atoms with E-state index in [4.69, 9.17) is 0 Å². The maximum Gasteiger partial charge on any atom is 0.168 e. The lowest BCUT2D eigenvalue weighted by molar-refractivity contribution is 0.0992. The number of benzene rings is 1. The van der Waals surface area contributed by atoms with Gasteiger partial charge in [-0.1, -0.05) is 15.9 Å². The van der Waals surface area contributed by atoms with E-state index < -0.39 is 0 Å². The Morgan fingerprint density at radius 1 is 1.28 bits per heavy atom. The molecule has 1 aromatic heterocycles. The molecular weight excluding hydrogens is 310 g/mol. The van der Waals surface area contributed by atoms with E-state index in [-0.39, 0.29) is 5.78 Å². The normalized spacial score (nSPS) is 10.7. The highest BCUT2D eigenvalue weighted by Gasteiger charge is 2.11. The van der Waals surface area contributed by atoms with Gasteiger partial charge < -0.3 is 0 Å². The molecule has 2 aromatic rings. The molecule has 0 atom stereocenters. The van der Waals surface area contributed by atoms with E-state index in [0.29, 0.717) is 6.42 Å². The van der Waals surface area contributed by atoms with Crippen molar-refractivity contribution in [2.24, 2.45) is 0 Å². The smallest absolute Gasteiger partial charge is 0.168 e. The molecule has 0 fully saturated rings. The largest absolute Gasteiger partial charge is 0.294 e. The maximum absolute atomic E-state index is 12.2. The lowest BCUT2D eigenvalue weighted by Crippen LogP contribution is -2.05. The van der Waals surface area contributed by atoms with Gasteiger partial charge in [0.25, 0.3) is 0 Å². The first-order valence-corrected chi connectivity index (χ1v) is 7.35. The van der Waals surface area contributed by atoms with Crippen molar-refractivity contribution in [1.29, 1.82) is 0 Å². The summed E-state index contributed by atoms with van der Waals surface area (Å²) in [5.41, 5.74) is 3.81. The van der Waals surface area contributed by atoms with Crippen LogP contribution in [0.25, 0.3) is 0 Å². The number of hydrogen-bond donors (Lipinski definition) is 0. The molecule has 0 bridgehead atoms. The summed E-state index contributed by atoms with van der Waals surface area (Å²) >= 11 is 5.09. The highest BCUT2D eigenvalue weighted by atomic mass is 79.9. The zero-order chi connectivity index (χ0) is 13.3. The predicted molar refractivity (Wildman–Crippen MR) is 78.5 cm³/mol. The maximum atomic E-state index is 12.2. The molecular formula is C14H14BrNOS. The zero-order valence-electron chi connectivity index (χ0n) is 10.6. The average Bonchev–Trinajstić information content (AvgIpc) is 2.71. The molecule has 0 aliphatic rings. The monoisotopic (exact) mass is 323 g/mol. The number of nitrogens with zero attached hydrogens (tertiary/aromatic N) is 1. The van der Waals surface area contributed by atoms with Crippen LogP contribution in [0.1, 0.15) is 32.2 Å². The van der Waals surface area contributed by atoms with Crippen LogP contribution in [-0.4, -0.2) is 10.8 Å². The Hall–Kier alpha value is -1.00. The van der Waals surface area contributed by atoms with Crippen LogP contribution in [0.15, 0.2) is 22.0 Å². The van der Waals surface area contributed by atoms with Crippen molar-refractivity contribution in [2.75, 3.05) is 0 Å². The van der Waals surface area contributed by atoms with Crippen molar-refractivity contribution in [3.05, 3.63) is 49.4 Å². The SMILES string of the molecule is Cc1nc(CC(=O)c2cc(C)c(Br)c(C)c2)cs1. The number of thiazole rings is 1. The van der Waals surface area contributed by atoms with Crippen molar-refractivity contribution >= 4 is 33.0 Å². The number of halogens is 1. The summed E-state index contributed by atoms with van der Waals surface area (Å²) in [5.74, 6) is 0.124. The van der Waals surface area contributed by atoms with Gasteiger partial charge in [0.2, 0.25) is 0 Å². The van der Waals surface area contributed by atoms with Crippen LogP contribution >= 0.6 is 27.3 Å². The lowest BCUT2D eigenvalue weighted by atomic mass is 10.0. The third-order valence-electron chi connectivity index (χ3n) is 2.77. The van der Waals surface area contributed by atoms with Gasteiger partial charge in [-0.25, -0.2) is 4.98 Å². The molecule has 1 heterocycles. The number of carbonyl (C=O) groups excluding carboxylic acids is 1. The minimum Gasteiger partial charge on any atom is -0.294 e. The van der Waals surface area contributed by atoms with Crippen molar-refractivity contribution in [2.45, 2.75) is 27.2 Å². The third kappa shape index (κ3) is 2.87. The Morgan fingerprint density at radius 3 is 2.39 bits per heavy atom. The second kappa shape index (κ2) is 5.33. The summed E-state index contributed by atoms with van der Waals surface area (Å²) in [6.45, 7) is 5.95. The molecule has 0 saturated carbocycles. The van der Waals surface area contributed by atoms with Crippen LogP contribution in [0, 0.1) is 20.8 Å². The molecule has 0 radical (unpaired) electrons.